The zero-order valence-corrected chi connectivity index (χ0v) is 10.7. The van der Waals surface area contributed by atoms with Crippen molar-refractivity contribution in [2.24, 2.45) is 0 Å². The molecule has 0 saturated carbocycles. The van der Waals surface area contributed by atoms with Crippen LogP contribution in [0.15, 0.2) is 17.0 Å². The average molecular weight is 280 g/mol. The smallest absolute Gasteiger partial charge is 0.312 e. The summed E-state index contributed by atoms with van der Waals surface area (Å²) >= 11 is 0. The Labute approximate surface area is 103 Å². The van der Waals surface area contributed by atoms with E-state index in [0.29, 0.717) is 5.56 Å². The molecule has 1 rings (SSSR count). The number of hydrogen-bond acceptors (Lipinski definition) is 5. The normalized spacial score (nSPS) is 11.2. The fourth-order valence-corrected chi connectivity index (χ4v) is 2.79. The van der Waals surface area contributed by atoms with Gasteiger partial charge in [0.15, 0.2) is 0 Å². The number of nitrogens with zero attached hydrogens (tertiary/aromatic N) is 1. The minimum Gasteiger partial charge on any atom is -0.486 e. The Hall–Kier alpha value is -1.34. The topological polar surface area (TPSA) is 86.5 Å². The minimum atomic E-state index is -4.10. The van der Waals surface area contributed by atoms with Crippen LogP contribution < -0.4 is 4.74 Å². The summed E-state index contributed by atoms with van der Waals surface area (Å²) in [6.07, 6.45) is 0. The van der Waals surface area contributed by atoms with E-state index in [4.69, 9.17) is 15.4 Å². The molecular formula is C9H10ClNO5S. The van der Waals surface area contributed by atoms with Crippen LogP contribution in [0.1, 0.15) is 12.5 Å². The molecule has 6 nitrogen and oxygen atoms in total. The molecule has 0 aromatic heterocycles. The summed E-state index contributed by atoms with van der Waals surface area (Å²) in [5, 5.41) is 10.8. The van der Waals surface area contributed by atoms with Gasteiger partial charge in [0.25, 0.3) is 9.05 Å². The van der Waals surface area contributed by atoms with E-state index < -0.39 is 19.7 Å². The van der Waals surface area contributed by atoms with E-state index in [-0.39, 0.29) is 17.3 Å². The molecule has 0 aliphatic heterocycles. The molecule has 17 heavy (non-hydrogen) atoms. The fourth-order valence-electron chi connectivity index (χ4n) is 1.38. The van der Waals surface area contributed by atoms with Crippen molar-refractivity contribution in [3.05, 3.63) is 27.8 Å². The Balaban J connectivity index is 3.66. The molecule has 94 valence electrons. The van der Waals surface area contributed by atoms with Gasteiger partial charge in [-0.3, -0.25) is 10.1 Å². The van der Waals surface area contributed by atoms with Crippen molar-refractivity contribution in [2.75, 3.05) is 6.61 Å². The predicted molar refractivity (Wildman–Crippen MR) is 62.0 cm³/mol. The molecule has 0 saturated heterocycles. The lowest BCUT2D eigenvalue weighted by molar-refractivity contribution is -0.386. The first-order valence-corrected chi connectivity index (χ1v) is 6.95. The third-order valence-electron chi connectivity index (χ3n) is 2.02. The van der Waals surface area contributed by atoms with Crippen molar-refractivity contribution in [3.63, 3.8) is 0 Å². The van der Waals surface area contributed by atoms with Gasteiger partial charge in [-0.15, -0.1) is 0 Å². The van der Waals surface area contributed by atoms with Crippen molar-refractivity contribution in [2.45, 2.75) is 18.7 Å². The second-order valence-corrected chi connectivity index (χ2v) is 5.69. The summed E-state index contributed by atoms with van der Waals surface area (Å²) in [5.41, 5.74) is -0.120. The molecule has 0 atom stereocenters. The van der Waals surface area contributed by atoms with Crippen LogP contribution in [0.3, 0.4) is 0 Å². The number of ether oxygens (including phenoxy) is 1. The van der Waals surface area contributed by atoms with Gasteiger partial charge in [0, 0.05) is 16.7 Å². The minimum absolute atomic E-state index is 0.101. The highest BCUT2D eigenvalue weighted by molar-refractivity contribution is 8.13. The second-order valence-electron chi connectivity index (χ2n) is 3.19. The van der Waals surface area contributed by atoms with Crippen molar-refractivity contribution in [1.82, 2.24) is 0 Å². The van der Waals surface area contributed by atoms with E-state index in [2.05, 4.69) is 0 Å². The van der Waals surface area contributed by atoms with E-state index >= 15 is 0 Å². The van der Waals surface area contributed by atoms with Gasteiger partial charge in [-0.1, -0.05) is 6.07 Å². The molecule has 1 aromatic carbocycles. The van der Waals surface area contributed by atoms with Crippen molar-refractivity contribution < 1.29 is 18.1 Å². The lowest BCUT2D eigenvalue weighted by Crippen LogP contribution is -2.05. The second kappa shape index (κ2) is 4.89. The zero-order chi connectivity index (χ0) is 13.2. The molecule has 8 heteroatoms. The molecular weight excluding hydrogens is 270 g/mol. The fraction of sp³-hybridized carbons (Fsp3) is 0.333. The van der Waals surface area contributed by atoms with E-state index in [0.717, 1.165) is 0 Å². The lowest BCUT2D eigenvalue weighted by atomic mass is 10.2. The van der Waals surface area contributed by atoms with Crippen molar-refractivity contribution in [3.8, 4) is 5.75 Å². The quantitative estimate of drug-likeness (QED) is 0.479. The van der Waals surface area contributed by atoms with E-state index in [9.17, 15) is 18.5 Å². The molecule has 0 amide bonds. The summed E-state index contributed by atoms with van der Waals surface area (Å²) < 4.78 is 27.8. The molecule has 0 aliphatic carbocycles. The number of nitro benzene ring substituents is 1. The summed E-state index contributed by atoms with van der Waals surface area (Å²) in [7, 11) is 1.15. The lowest BCUT2D eigenvalue weighted by Gasteiger charge is -2.10. The van der Waals surface area contributed by atoms with Gasteiger partial charge in [0.2, 0.25) is 5.75 Å². The number of halogens is 1. The maximum Gasteiger partial charge on any atom is 0.312 e. The zero-order valence-electron chi connectivity index (χ0n) is 9.14. The predicted octanol–water partition coefficient (Wildman–Crippen LogP) is 2.23. The Morgan fingerprint density at radius 2 is 2.06 bits per heavy atom. The van der Waals surface area contributed by atoms with Gasteiger partial charge in [-0.2, -0.15) is 0 Å². The molecule has 0 heterocycles. The maximum absolute atomic E-state index is 11.4. The number of aryl methyl sites for hydroxylation is 1. The van der Waals surface area contributed by atoms with E-state index in [1.54, 1.807) is 6.92 Å². The SMILES string of the molecule is CCOc1c([N+](=O)[O-])ccc(C)c1S(=O)(=O)Cl. The van der Waals surface area contributed by atoms with Gasteiger partial charge < -0.3 is 4.74 Å². The highest BCUT2D eigenvalue weighted by Gasteiger charge is 2.28. The van der Waals surface area contributed by atoms with Crippen LogP contribution in [0, 0.1) is 17.0 Å². The van der Waals surface area contributed by atoms with Crippen molar-refractivity contribution in [1.29, 1.82) is 0 Å². The van der Waals surface area contributed by atoms with Gasteiger partial charge in [0.1, 0.15) is 4.90 Å². The van der Waals surface area contributed by atoms with Gasteiger partial charge in [0.05, 0.1) is 11.5 Å². The third-order valence-corrected chi connectivity index (χ3v) is 3.48. The maximum atomic E-state index is 11.4. The summed E-state index contributed by atoms with van der Waals surface area (Å²) in [6, 6.07) is 2.50. The third kappa shape index (κ3) is 2.86. The highest BCUT2D eigenvalue weighted by Crippen LogP contribution is 2.38. The number of rotatable bonds is 4. The van der Waals surface area contributed by atoms with Crippen molar-refractivity contribution >= 4 is 25.4 Å². The molecule has 0 radical (unpaired) electrons. The Kier molecular flexibility index (Phi) is 3.94. The van der Waals surface area contributed by atoms with Crippen LogP contribution >= 0.6 is 10.7 Å². The summed E-state index contributed by atoms with van der Waals surface area (Å²) in [6.45, 7) is 3.18. The van der Waals surface area contributed by atoms with Crippen LogP contribution in [0.5, 0.6) is 5.75 Å². The van der Waals surface area contributed by atoms with Crippen LogP contribution in [0.4, 0.5) is 5.69 Å². The standard InChI is InChI=1S/C9H10ClNO5S/c1-3-16-8-7(11(12)13)5-4-6(2)9(8)17(10,14)15/h4-5H,3H2,1-2H3. The van der Waals surface area contributed by atoms with Gasteiger partial charge >= 0.3 is 5.69 Å². The van der Waals surface area contributed by atoms with Crippen LogP contribution in [0.2, 0.25) is 0 Å². The molecule has 0 bridgehead atoms. The first-order valence-electron chi connectivity index (χ1n) is 4.64. The first-order chi connectivity index (χ1) is 7.79. The molecule has 0 N–H and O–H groups in total. The summed E-state index contributed by atoms with van der Waals surface area (Å²) in [5.74, 6) is -0.312. The van der Waals surface area contributed by atoms with Gasteiger partial charge in [-0.25, -0.2) is 8.42 Å². The highest BCUT2D eigenvalue weighted by atomic mass is 35.7. The molecule has 0 spiro atoms. The molecule has 0 unspecified atom stereocenters. The van der Waals surface area contributed by atoms with Crippen LogP contribution in [-0.4, -0.2) is 19.9 Å². The van der Waals surface area contributed by atoms with Crippen LogP contribution in [0.25, 0.3) is 0 Å². The van der Waals surface area contributed by atoms with Gasteiger partial charge in [-0.05, 0) is 19.4 Å². The average Bonchev–Trinajstić information content (AvgIpc) is 2.15. The molecule has 0 aliphatic rings. The Morgan fingerprint density at radius 1 is 1.47 bits per heavy atom. The first kappa shape index (κ1) is 13.7. The molecule has 1 aromatic rings. The van der Waals surface area contributed by atoms with E-state index in [1.807, 2.05) is 0 Å². The largest absolute Gasteiger partial charge is 0.486 e. The molecule has 0 fully saturated rings. The summed E-state index contributed by atoms with van der Waals surface area (Å²) in [4.78, 5) is 9.71. The Bertz CT molecular complexity index is 555. The van der Waals surface area contributed by atoms with Crippen LogP contribution in [-0.2, 0) is 9.05 Å². The number of hydrogen-bond donors (Lipinski definition) is 0. The van der Waals surface area contributed by atoms with E-state index in [1.165, 1.54) is 19.1 Å². The number of nitro groups is 1. The number of benzene rings is 1. The monoisotopic (exact) mass is 279 g/mol. The Morgan fingerprint density at radius 3 is 2.47 bits per heavy atom.